The van der Waals surface area contributed by atoms with Crippen LogP contribution in [0, 0.1) is 13.8 Å². The first-order chi connectivity index (χ1) is 8.06. The van der Waals surface area contributed by atoms with Gasteiger partial charge in [0.2, 0.25) is 0 Å². The van der Waals surface area contributed by atoms with Gasteiger partial charge >= 0.3 is 0 Å². The van der Waals surface area contributed by atoms with E-state index in [1.165, 1.54) is 11.1 Å². The highest BCUT2D eigenvalue weighted by molar-refractivity contribution is 6.29. The van der Waals surface area contributed by atoms with E-state index >= 15 is 0 Å². The zero-order valence-corrected chi connectivity index (χ0v) is 10.9. The molecule has 0 amide bonds. The Morgan fingerprint density at radius 2 is 1.65 bits per heavy atom. The highest BCUT2D eigenvalue weighted by atomic mass is 35.5. The molecular formula is C13H14ClN3. The third kappa shape index (κ3) is 2.74. The Kier molecular flexibility index (Phi) is 3.29. The summed E-state index contributed by atoms with van der Waals surface area (Å²) < 4.78 is 0. The topological polar surface area (TPSA) is 29.0 Å². The van der Waals surface area contributed by atoms with Gasteiger partial charge in [0.1, 0.15) is 0 Å². The number of nitrogens with zero attached hydrogens (tertiary/aromatic N) is 3. The van der Waals surface area contributed by atoms with Crippen LogP contribution in [0.4, 0.5) is 11.5 Å². The minimum Gasteiger partial charge on any atom is -0.328 e. The lowest BCUT2D eigenvalue weighted by Crippen LogP contribution is -2.12. The first kappa shape index (κ1) is 11.9. The number of rotatable bonds is 2. The number of hydrogen-bond acceptors (Lipinski definition) is 3. The standard InChI is InChI=1S/C13H14ClN3/c1-9-6-10(2)8-11(7-9)17(3)13-5-4-12(14)15-16-13/h4-8H,1-3H3. The first-order valence-corrected chi connectivity index (χ1v) is 5.75. The van der Waals surface area contributed by atoms with Crippen molar-refractivity contribution in [1.29, 1.82) is 0 Å². The summed E-state index contributed by atoms with van der Waals surface area (Å²) in [4.78, 5) is 1.99. The normalized spacial score (nSPS) is 10.4. The summed E-state index contributed by atoms with van der Waals surface area (Å²) in [6, 6.07) is 9.97. The van der Waals surface area contributed by atoms with E-state index in [9.17, 15) is 0 Å². The largest absolute Gasteiger partial charge is 0.328 e. The van der Waals surface area contributed by atoms with E-state index in [1.54, 1.807) is 6.07 Å². The van der Waals surface area contributed by atoms with Crippen molar-refractivity contribution in [3.05, 3.63) is 46.6 Å². The van der Waals surface area contributed by atoms with E-state index < -0.39 is 0 Å². The molecule has 3 nitrogen and oxygen atoms in total. The molecule has 0 saturated carbocycles. The Morgan fingerprint density at radius 3 is 2.18 bits per heavy atom. The molecule has 1 aromatic heterocycles. The molecule has 4 heteroatoms. The van der Waals surface area contributed by atoms with Crippen LogP contribution in [-0.2, 0) is 0 Å². The molecule has 2 rings (SSSR count). The summed E-state index contributed by atoms with van der Waals surface area (Å²) in [7, 11) is 1.96. The van der Waals surface area contributed by atoms with Gasteiger partial charge in [-0.25, -0.2) is 0 Å². The molecule has 0 aliphatic heterocycles. The van der Waals surface area contributed by atoms with E-state index in [4.69, 9.17) is 11.6 Å². The fourth-order valence-corrected chi connectivity index (χ4v) is 1.87. The molecule has 88 valence electrons. The Bertz CT molecular complexity index is 502. The van der Waals surface area contributed by atoms with Crippen LogP contribution in [0.2, 0.25) is 5.15 Å². The molecule has 0 fully saturated rings. The van der Waals surface area contributed by atoms with Crippen LogP contribution in [0.3, 0.4) is 0 Å². The molecule has 0 N–H and O–H groups in total. The number of aromatic nitrogens is 2. The number of halogens is 1. The van der Waals surface area contributed by atoms with Gasteiger partial charge in [-0.3, -0.25) is 0 Å². The minimum absolute atomic E-state index is 0.405. The maximum Gasteiger partial charge on any atom is 0.155 e. The average Bonchev–Trinajstić information content (AvgIpc) is 2.28. The van der Waals surface area contributed by atoms with E-state index in [-0.39, 0.29) is 0 Å². The van der Waals surface area contributed by atoms with Gasteiger partial charge in [0.15, 0.2) is 11.0 Å². The van der Waals surface area contributed by atoms with Crippen LogP contribution in [0.25, 0.3) is 0 Å². The Balaban J connectivity index is 2.36. The summed E-state index contributed by atoms with van der Waals surface area (Å²) in [6.07, 6.45) is 0. The first-order valence-electron chi connectivity index (χ1n) is 5.37. The zero-order chi connectivity index (χ0) is 12.4. The second kappa shape index (κ2) is 4.72. The maximum absolute atomic E-state index is 5.72. The lowest BCUT2D eigenvalue weighted by Gasteiger charge is -2.18. The van der Waals surface area contributed by atoms with Crippen LogP contribution in [0.1, 0.15) is 11.1 Å². The summed E-state index contributed by atoms with van der Waals surface area (Å²) in [5.74, 6) is 0.777. The second-order valence-corrected chi connectivity index (χ2v) is 4.51. The molecule has 0 saturated heterocycles. The number of benzene rings is 1. The van der Waals surface area contributed by atoms with Crippen LogP contribution < -0.4 is 4.90 Å². The molecule has 0 aliphatic carbocycles. The molecular weight excluding hydrogens is 234 g/mol. The Hall–Kier alpha value is -1.61. The van der Waals surface area contributed by atoms with Crippen molar-refractivity contribution in [1.82, 2.24) is 10.2 Å². The summed E-state index contributed by atoms with van der Waals surface area (Å²) >= 11 is 5.72. The molecule has 0 spiro atoms. The monoisotopic (exact) mass is 247 g/mol. The molecule has 0 atom stereocenters. The molecule has 0 radical (unpaired) electrons. The van der Waals surface area contributed by atoms with Crippen molar-refractivity contribution in [3.63, 3.8) is 0 Å². The van der Waals surface area contributed by atoms with Crippen molar-refractivity contribution in [2.75, 3.05) is 11.9 Å². The Morgan fingerprint density at radius 1 is 1.00 bits per heavy atom. The molecule has 1 heterocycles. The van der Waals surface area contributed by atoms with Gasteiger partial charge in [-0.2, -0.15) is 0 Å². The fraction of sp³-hybridized carbons (Fsp3) is 0.231. The van der Waals surface area contributed by atoms with Gasteiger partial charge < -0.3 is 4.90 Å². The summed E-state index contributed by atoms with van der Waals surface area (Å²) in [5, 5.41) is 8.31. The molecule has 0 unspecified atom stereocenters. The zero-order valence-electron chi connectivity index (χ0n) is 10.1. The van der Waals surface area contributed by atoms with Gasteiger partial charge in [0.05, 0.1) is 0 Å². The lowest BCUT2D eigenvalue weighted by molar-refractivity contribution is 0.987. The molecule has 0 aliphatic rings. The second-order valence-electron chi connectivity index (χ2n) is 4.12. The van der Waals surface area contributed by atoms with Crippen molar-refractivity contribution in [3.8, 4) is 0 Å². The molecule has 17 heavy (non-hydrogen) atoms. The highest BCUT2D eigenvalue weighted by Crippen LogP contribution is 2.23. The predicted octanol–water partition coefficient (Wildman–Crippen LogP) is 3.51. The van der Waals surface area contributed by atoms with E-state index in [0.717, 1.165) is 11.5 Å². The van der Waals surface area contributed by atoms with Gasteiger partial charge in [-0.05, 0) is 49.2 Å². The quantitative estimate of drug-likeness (QED) is 0.813. The van der Waals surface area contributed by atoms with Crippen molar-refractivity contribution >= 4 is 23.1 Å². The third-order valence-corrected chi connectivity index (χ3v) is 2.76. The molecule has 2 aromatic rings. The fourth-order valence-electron chi connectivity index (χ4n) is 1.76. The molecule has 0 bridgehead atoms. The van der Waals surface area contributed by atoms with Crippen molar-refractivity contribution in [2.45, 2.75) is 13.8 Å². The van der Waals surface area contributed by atoms with E-state index in [2.05, 4.69) is 42.2 Å². The predicted molar refractivity (Wildman–Crippen MR) is 71.0 cm³/mol. The Labute approximate surface area is 106 Å². The number of anilines is 2. The van der Waals surface area contributed by atoms with Crippen molar-refractivity contribution < 1.29 is 0 Å². The number of hydrogen-bond donors (Lipinski definition) is 0. The SMILES string of the molecule is Cc1cc(C)cc(N(C)c2ccc(Cl)nn2)c1. The summed E-state index contributed by atoms with van der Waals surface area (Å²) in [6.45, 7) is 4.16. The third-order valence-electron chi connectivity index (χ3n) is 2.56. The van der Waals surface area contributed by atoms with Crippen LogP contribution >= 0.6 is 11.6 Å². The average molecular weight is 248 g/mol. The van der Waals surface area contributed by atoms with Gasteiger partial charge in [0, 0.05) is 12.7 Å². The smallest absolute Gasteiger partial charge is 0.155 e. The van der Waals surface area contributed by atoms with Crippen molar-refractivity contribution in [2.24, 2.45) is 0 Å². The van der Waals surface area contributed by atoms with Gasteiger partial charge in [0.25, 0.3) is 0 Å². The van der Waals surface area contributed by atoms with Crippen LogP contribution in [-0.4, -0.2) is 17.2 Å². The van der Waals surface area contributed by atoms with Gasteiger partial charge in [-0.1, -0.05) is 17.7 Å². The van der Waals surface area contributed by atoms with Gasteiger partial charge in [-0.15, -0.1) is 10.2 Å². The minimum atomic E-state index is 0.405. The summed E-state index contributed by atoms with van der Waals surface area (Å²) in [5.41, 5.74) is 3.56. The maximum atomic E-state index is 5.72. The van der Waals surface area contributed by atoms with E-state index in [1.807, 2.05) is 18.0 Å². The van der Waals surface area contributed by atoms with Crippen LogP contribution in [0.15, 0.2) is 30.3 Å². The number of aryl methyl sites for hydroxylation is 2. The molecule has 1 aromatic carbocycles. The lowest BCUT2D eigenvalue weighted by atomic mass is 10.1. The van der Waals surface area contributed by atoms with Crippen LogP contribution in [0.5, 0.6) is 0 Å². The highest BCUT2D eigenvalue weighted by Gasteiger charge is 2.06. The van der Waals surface area contributed by atoms with E-state index in [0.29, 0.717) is 5.15 Å².